The molecule has 2 aliphatic heterocycles. The van der Waals surface area contributed by atoms with Gasteiger partial charge in [0.1, 0.15) is 11.3 Å². The summed E-state index contributed by atoms with van der Waals surface area (Å²) in [6.45, 7) is 10.1. The van der Waals surface area contributed by atoms with E-state index < -0.39 is 5.54 Å². The molecule has 6 heteroatoms. The molecule has 0 radical (unpaired) electrons. The highest BCUT2D eigenvalue weighted by molar-refractivity contribution is 5.94. The Balaban J connectivity index is 1.61. The molecule has 0 aliphatic carbocycles. The number of benzene rings is 1. The maximum absolute atomic E-state index is 13.5. The van der Waals surface area contributed by atoms with Crippen molar-refractivity contribution in [3.05, 3.63) is 48.0 Å². The maximum Gasteiger partial charge on any atom is 0.254 e. The molecule has 32 heavy (non-hydrogen) atoms. The molecule has 2 aliphatic rings. The molecule has 174 valence electrons. The van der Waals surface area contributed by atoms with Gasteiger partial charge in [-0.05, 0) is 49.8 Å². The lowest BCUT2D eigenvalue weighted by Gasteiger charge is -2.27. The van der Waals surface area contributed by atoms with E-state index in [1.54, 1.807) is 18.2 Å². The summed E-state index contributed by atoms with van der Waals surface area (Å²) in [6, 6.07) is 6.50. The second kappa shape index (κ2) is 10.7. The van der Waals surface area contributed by atoms with E-state index in [9.17, 15) is 14.7 Å². The highest BCUT2D eigenvalue weighted by Gasteiger charge is 2.47. The van der Waals surface area contributed by atoms with Crippen LogP contribution in [0.15, 0.2) is 42.4 Å². The van der Waals surface area contributed by atoms with Crippen molar-refractivity contribution in [3.8, 4) is 5.75 Å². The first-order valence-electron chi connectivity index (χ1n) is 12.0. The summed E-state index contributed by atoms with van der Waals surface area (Å²) in [5.74, 6) is 1.25. The van der Waals surface area contributed by atoms with Crippen molar-refractivity contribution < 1.29 is 14.7 Å². The predicted molar refractivity (Wildman–Crippen MR) is 126 cm³/mol. The van der Waals surface area contributed by atoms with Crippen molar-refractivity contribution in [2.75, 3.05) is 19.6 Å². The number of carbonyl (C=O) groups excluding carboxylic acids is 2. The molecule has 3 rings (SSSR count). The van der Waals surface area contributed by atoms with E-state index in [4.69, 9.17) is 0 Å². The molecule has 0 saturated carbocycles. The lowest BCUT2D eigenvalue weighted by molar-refractivity contribution is -0.132. The molecule has 1 aromatic carbocycles. The van der Waals surface area contributed by atoms with Gasteiger partial charge >= 0.3 is 0 Å². The Hall–Kier alpha value is -2.72. The number of rotatable bonds is 10. The highest BCUT2D eigenvalue weighted by Crippen LogP contribution is 2.33. The minimum atomic E-state index is -0.529. The Labute approximate surface area is 192 Å². The SMILES string of the molecule is C=C=C1NC(CCCC)(CCCC)C(=O)N1CCC1CCN(C(=O)c2cccc(O)c2)C1. The minimum absolute atomic E-state index is 0.0489. The molecule has 2 saturated heterocycles. The fourth-order valence-electron chi connectivity index (χ4n) is 4.87. The first-order chi connectivity index (χ1) is 15.4. The zero-order chi connectivity index (χ0) is 23.1. The zero-order valence-corrected chi connectivity index (χ0v) is 19.5. The quantitative estimate of drug-likeness (QED) is 0.529. The van der Waals surface area contributed by atoms with Crippen molar-refractivity contribution in [3.63, 3.8) is 0 Å². The molecule has 0 bridgehead atoms. The topological polar surface area (TPSA) is 72.9 Å². The van der Waals surface area contributed by atoms with Gasteiger partial charge in [-0.3, -0.25) is 14.5 Å². The lowest BCUT2D eigenvalue weighted by Crippen LogP contribution is -2.46. The summed E-state index contributed by atoms with van der Waals surface area (Å²) in [4.78, 5) is 29.9. The van der Waals surface area contributed by atoms with E-state index in [0.29, 0.717) is 36.9 Å². The van der Waals surface area contributed by atoms with Gasteiger partial charge in [-0.2, -0.15) is 0 Å². The monoisotopic (exact) mass is 439 g/mol. The smallest absolute Gasteiger partial charge is 0.254 e. The molecule has 6 nitrogen and oxygen atoms in total. The van der Waals surface area contributed by atoms with Gasteiger partial charge in [0, 0.05) is 25.2 Å². The number of aromatic hydroxyl groups is 1. The number of carbonyl (C=O) groups is 2. The third kappa shape index (κ3) is 5.18. The number of hydrogen-bond acceptors (Lipinski definition) is 4. The van der Waals surface area contributed by atoms with Gasteiger partial charge in [0.2, 0.25) is 0 Å². The third-order valence-electron chi connectivity index (χ3n) is 6.79. The molecule has 1 unspecified atom stereocenters. The number of unbranched alkanes of at least 4 members (excludes halogenated alkanes) is 2. The summed E-state index contributed by atoms with van der Waals surface area (Å²) in [5.41, 5.74) is 2.94. The van der Waals surface area contributed by atoms with Crippen LogP contribution in [0.1, 0.15) is 75.6 Å². The van der Waals surface area contributed by atoms with E-state index >= 15 is 0 Å². The Morgan fingerprint density at radius 1 is 1.28 bits per heavy atom. The van der Waals surface area contributed by atoms with Crippen molar-refractivity contribution >= 4 is 11.8 Å². The zero-order valence-electron chi connectivity index (χ0n) is 19.5. The predicted octanol–water partition coefficient (Wildman–Crippen LogP) is 4.42. The molecule has 2 fully saturated rings. The Kier molecular flexibility index (Phi) is 8.03. The van der Waals surface area contributed by atoms with E-state index in [2.05, 4.69) is 31.5 Å². The fourth-order valence-corrected chi connectivity index (χ4v) is 4.87. The summed E-state index contributed by atoms with van der Waals surface area (Å²) in [5, 5.41) is 13.1. The largest absolute Gasteiger partial charge is 0.508 e. The van der Waals surface area contributed by atoms with E-state index in [1.165, 1.54) is 6.07 Å². The Bertz CT molecular complexity index is 867. The average Bonchev–Trinajstić information content (AvgIpc) is 3.37. The minimum Gasteiger partial charge on any atom is -0.508 e. The van der Waals surface area contributed by atoms with Gasteiger partial charge in [-0.25, -0.2) is 0 Å². The molecule has 0 spiro atoms. The molecule has 2 amide bonds. The Morgan fingerprint density at radius 2 is 2.00 bits per heavy atom. The second-order valence-electron chi connectivity index (χ2n) is 9.14. The summed E-state index contributed by atoms with van der Waals surface area (Å²) >= 11 is 0. The van der Waals surface area contributed by atoms with Crippen LogP contribution in [0.25, 0.3) is 0 Å². The van der Waals surface area contributed by atoms with Crippen LogP contribution in [0, 0.1) is 5.92 Å². The van der Waals surface area contributed by atoms with E-state index in [-0.39, 0.29) is 17.6 Å². The van der Waals surface area contributed by atoms with Crippen molar-refractivity contribution in [1.82, 2.24) is 15.1 Å². The first kappa shape index (κ1) is 23.9. The molecule has 1 atom stereocenters. The van der Waals surface area contributed by atoms with Crippen LogP contribution in [-0.4, -0.2) is 51.9 Å². The van der Waals surface area contributed by atoms with Gasteiger partial charge in [0.25, 0.3) is 11.8 Å². The van der Waals surface area contributed by atoms with Crippen LogP contribution in [0.2, 0.25) is 0 Å². The fraction of sp³-hybridized carbons (Fsp3) is 0.577. The van der Waals surface area contributed by atoms with Gasteiger partial charge in [0.05, 0.1) is 0 Å². The summed E-state index contributed by atoms with van der Waals surface area (Å²) < 4.78 is 0. The average molecular weight is 440 g/mol. The standard InChI is InChI=1S/C26H37N3O3/c1-4-7-14-26(15-8-5-2)25(32)29(23(6-3)27-26)17-13-20-12-16-28(19-20)24(31)21-10-9-11-22(30)18-21/h9-11,18,20,27,30H,3-5,7-8,12-17,19H2,1-2H3. The molecule has 2 N–H and O–H groups in total. The van der Waals surface area contributed by atoms with Crippen molar-refractivity contribution in [1.29, 1.82) is 0 Å². The Morgan fingerprint density at radius 3 is 2.62 bits per heavy atom. The van der Waals surface area contributed by atoms with Crippen LogP contribution >= 0.6 is 0 Å². The van der Waals surface area contributed by atoms with Crippen LogP contribution in [0.5, 0.6) is 5.75 Å². The second-order valence-corrected chi connectivity index (χ2v) is 9.14. The highest BCUT2D eigenvalue weighted by atomic mass is 16.3. The summed E-state index contributed by atoms with van der Waals surface area (Å²) in [7, 11) is 0. The van der Waals surface area contributed by atoms with Crippen molar-refractivity contribution in [2.45, 2.75) is 70.8 Å². The number of nitrogens with zero attached hydrogens (tertiary/aromatic N) is 2. The van der Waals surface area contributed by atoms with Gasteiger partial charge in [-0.1, -0.05) is 57.9 Å². The number of nitrogens with one attached hydrogen (secondary N) is 1. The van der Waals surface area contributed by atoms with E-state index in [0.717, 1.165) is 51.4 Å². The van der Waals surface area contributed by atoms with Gasteiger partial charge in [-0.15, -0.1) is 0 Å². The lowest BCUT2D eigenvalue weighted by atomic mass is 9.87. The van der Waals surface area contributed by atoms with E-state index in [1.807, 2.05) is 9.80 Å². The van der Waals surface area contributed by atoms with Gasteiger partial charge < -0.3 is 15.3 Å². The van der Waals surface area contributed by atoms with Crippen molar-refractivity contribution in [2.24, 2.45) is 5.92 Å². The first-order valence-corrected chi connectivity index (χ1v) is 12.0. The molecular formula is C26H37N3O3. The van der Waals surface area contributed by atoms with Gasteiger partial charge in [0.15, 0.2) is 5.82 Å². The van der Waals surface area contributed by atoms with Crippen LogP contribution in [-0.2, 0) is 4.79 Å². The van der Waals surface area contributed by atoms with Crippen LogP contribution < -0.4 is 5.32 Å². The number of likely N-dealkylation sites (tertiary alicyclic amines) is 1. The number of phenolic OH excluding ortho intramolecular Hbond substituents is 1. The molecular weight excluding hydrogens is 402 g/mol. The number of amides is 2. The normalized spacial score (nSPS) is 19.9. The molecule has 0 aromatic heterocycles. The number of hydrogen-bond donors (Lipinski definition) is 2. The summed E-state index contributed by atoms with van der Waals surface area (Å²) in [6.07, 6.45) is 7.55. The van der Waals surface area contributed by atoms with Crippen LogP contribution in [0.3, 0.4) is 0 Å². The maximum atomic E-state index is 13.5. The van der Waals surface area contributed by atoms with Crippen LogP contribution in [0.4, 0.5) is 0 Å². The molecule has 1 aromatic rings. The molecule has 2 heterocycles. The number of phenols is 1. The third-order valence-corrected chi connectivity index (χ3v) is 6.79.